The fraction of sp³-hybridized carbons (Fsp3) is 0.235. The molecule has 0 aromatic heterocycles. The van der Waals surface area contributed by atoms with Gasteiger partial charge < -0.3 is 20.3 Å². The Labute approximate surface area is 138 Å². The highest BCUT2D eigenvalue weighted by atomic mass is 16.5. The van der Waals surface area contributed by atoms with Gasteiger partial charge in [-0.2, -0.15) is 0 Å². The van der Waals surface area contributed by atoms with Crippen molar-refractivity contribution >= 4 is 17.9 Å². The van der Waals surface area contributed by atoms with Crippen LogP contribution in [0, 0.1) is 0 Å². The molecule has 0 amide bonds. The summed E-state index contributed by atoms with van der Waals surface area (Å²) in [6.07, 6.45) is 0. The average molecular weight is 331 g/mol. The minimum atomic E-state index is -1.22. The topological polar surface area (TPSA) is 113 Å². The third-order valence-electron chi connectivity index (χ3n) is 3.86. The zero-order valence-corrected chi connectivity index (χ0v) is 13.4. The number of aliphatic carboxylic acids is 2. The Morgan fingerprint density at radius 3 is 2.04 bits per heavy atom. The molecule has 1 aliphatic rings. The second-order valence-electron chi connectivity index (χ2n) is 5.36. The van der Waals surface area contributed by atoms with Crippen LogP contribution in [0.4, 0.5) is 0 Å². The lowest BCUT2D eigenvalue weighted by Crippen LogP contribution is -2.31. The van der Waals surface area contributed by atoms with Crippen molar-refractivity contribution in [3.8, 4) is 0 Å². The summed E-state index contributed by atoms with van der Waals surface area (Å²) in [5.74, 6) is -4.02. The lowest BCUT2D eigenvalue weighted by atomic mass is 9.80. The van der Waals surface area contributed by atoms with Crippen molar-refractivity contribution < 1.29 is 29.3 Å². The van der Waals surface area contributed by atoms with E-state index in [0.717, 1.165) is 0 Å². The number of benzene rings is 1. The van der Waals surface area contributed by atoms with Gasteiger partial charge in [0.25, 0.3) is 0 Å². The molecule has 1 aliphatic heterocycles. The lowest BCUT2D eigenvalue weighted by Gasteiger charge is -2.28. The maximum absolute atomic E-state index is 11.7. The molecule has 3 N–H and O–H groups in total. The van der Waals surface area contributed by atoms with Crippen LogP contribution in [0.3, 0.4) is 0 Å². The van der Waals surface area contributed by atoms with Crippen LogP contribution >= 0.6 is 0 Å². The largest absolute Gasteiger partial charge is 0.478 e. The van der Waals surface area contributed by atoms with Crippen molar-refractivity contribution in [3.05, 3.63) is 57.9 Å². The van der Waals surface area contributed by atoms with E-state index in [-0.39, 0.29) is 16.7 Å². The first kappa shape index (κ1) is 17.3. The third kappa shape index (κ3) is 3.01. The molecule has 1 aromatic rings. The van der Waals surface area contributed by atoms with E-state index in [2.05, 4.69) is 10.1 Å². The number of carboxylic acids is 2. The fourth-order valence-corrected chi connectivity index (χ4v) is 2.86. The second-order valence-corrected chi connectivity index (χ2v) is 5.36. The van der Waals surface area contributed by atoms with Gasteiger partial charge in [-0.25, -0.2) is 14.4 Å². The first-order chi connectivity index (χ1) is 11.3. The Balaban J connectivity index is 2.69. The number of rotatable bonds is 4. The third-order valence-corrected chi connectivity index (χ3v) is 3.86. The highest BCUT2D eigenvalue weighted by Gasteiger charge is 2.36. The van der Waals surface area contributed by atoms with Crippen LogP contribution in [0.2, 0.25) is 0 Å². The van der Waals surface area contributed by atoms with Gasteiger partial charge in [0, 0.05) is 11.4 Å². The Kier molecular flexibility index (Phi) is 4.73. The fourth-order valence-electron chi connectivity index (χ4n) is 2.86. The molecule has 0 spiro atoms. The number of esters is 1. The molecule has 2 rings (SSSR count). The minimum Gasteiger partial charge on any atom is -0.478 e. The predicted molar refractivity (Wildman–Crippen MR) is 84.3 cm³/mol. The summed E-state index contributed by atoms with van der Waals surface area (Å²) in [6, 6.07) is 6.13. The average Bonchev–Trinajstić information content (AvgIpc) is 2.52. The Bertz CT molecular complexity index is 754. The van der Waals surface area contributed by atoms with E-state index in [1.807, 2.05) is 0 Å². The van der Waals surface area contributed by atoms with Crippen LogP contribution in [0.5, 0.6) is 0 Å². The van der Waals surface area contributed by atoms with E-state index < -0.39 is 23.8 Å². The molecule has 0 unspecified atom stereocenters. The minimum absolute atomic E-state index is 0.0694. The number of dihydropyridines is 1. The Hall–Kier alpha value is -3.09. The van der Waals surface area contributed by atoms with E-state index in [9.17, 15) is 24.6 Å². The molecule has 24 heavy (non-hydrogen) atoms. The van der Waals surface area contributed by atoms with E-state index in [4.69, 9.17) is 0 Å². The van der Waals surface area contributed by atoms with Crippen molar-refractivity contribution in [1.29, 1.82) is 0 Å². The number of carboxylic acid groups (broad SMARTS) is 2. The predicted octanol–water partition coefficient (Wildman–Crippen LogP) is 1.88. The van der Waals surface area contributed by atoms with Crippen molar-refractivity contribution in [1.82, 2.24) is 5.32 Å². The van der Waals surface area contributed by atoms with Gasteiger partial charge in [0.1, 0.15) is 0 Å². The maximum Gasteiger partial charge on any atom is 0.337 e. The number of carbonyl (C=O) groups is 3. The number of carbonyl (C=O) groups excluding carboxylic acids is 1. The van der Waals surface area contributed by atoms with Crippen molar-refractivity contribution in [3.63, 3.8) is 0 Å². The van der Waals surface area contributed by atoms with E-state index in [1.54, 1.807) is 26.0 Å². The quantitative estimate of drug-likeness (QED) is 0.722. The number of nitrogens with one attached hydrogen (secondary N) is 1. The first-order valence-electron chi connectivity index (χ1n) is 7.11. The summed E-state index contributed by atoms with van der Waals surface area (Å²) in [5.41, 5.74) is 1.20. The zero-order chi connectivity index (χ0) is 18.0. The van der Waals surface area contributed by atoms with Gasteiger partial charge in [-0.15, -0.1) is 0 Å². The molecule has 0 radical (unpaired) electrons. The summed E-state index contributed by atoms with van der Waals surface area (Å²) in [4.78, 5) is 35.1. The van der Waals surface area contributed by atoms with Crippen LogP contribution in [-0.4, -0.2) is 35.2 Å². The van der Waals surface area contributed by atoms with E-state index in [1.165, 1.54) is 19.2 Å². The first-order valence-corrected chi connectivity index (χ1v) is 7.11. The molecular formula is C17H17NO6. The molecule has 0 saturated heterocycles. The van der Waals surface area contributed by atoms with E-state index in [0.29, 0.717) is 17.0 Å². The summed E-state index contributed by atoms with van der Waals surface area (Å²) >= 11 is 0. The Morgan fingerprint density at radius 2 is 1.58 bits per heavy atom. The zero-order valence-electron chi connectivity index (χ0n) is 13.4. The summed E-state index contributed by atoms with van der Waals surface area (Å²) in [5, 5.41) is 21.9. The molecule has 0 atom stereocenters. The van der Waals surface area contributed by atoms with Crippen LogP contribution in [0.15, 0.2) is 46.8 Å². The molecule has 0 aliphatic carbocycles. The highest BCUT2D eigenvalue weighted by Crippen LogP contribution is 2.38. The monoisotopic (exact) mass is 331 g/mol. The number of allylic oxidation sites excluding steroid dienone is 2. The van der Waals surface area contributed by atoms with Gasteiger partial charge >= 0.3 is 17.9 Å². The molecule has 1 heterocycles. The smallest absolute Gasteiger partial charge is 0.337 e. The van der Waals surface area contributed by atoms with Crippen LogP contribution < -0.4 is 5.32 Å². The SMILES string of the molecule is COC(=O)c1cccc(C2C(C(=O)O)=C(C)NC(C)=C2C(=O)O)c1. The van der Waals surface area contributed by atoms with Crippen LogP contribution in [0.1, 0.15) is 35.7 Å². The van der Waals surface area contributed by atoms with Gasteiger partial charge in [-0.1, -0.05) is 12.1 Å². The molecule has 7 nitrogen and oxygen atoms in total. The van der Waals surface area contributed by atoms with Crippen molar-refractivity contribution in [2.45, 2.75) is 19.8 Å². The normalized spacial score (nSPS) is 15.1. The second kappa shape index (κ2) is 6.57. The Morgan fingerprint density at radius 1 is 1.04 bits per heavy atom. The summed E-state index contributed by atoms with van der Waals surface area (Å²) in [7, 11) is 1.24. The molecule has 126 valence electrons. The lowest BCUT2D eigenvalue weighted by molar-refractivity contribution is -0.133. The van der Waals surface area contributed by atoms with Gasteiger partial charge in [0.2, 0.25) is 0 Å². The van der Waals surface area contributed by atoms with Crippen LogP contribution in [-0.2, 0) is 14.3 Å². The summed E-state index contributed by atoms with van der Waals surface area (Å²) < 4.78 is 4.66. The van der Waals surface area contributed by atoms with Crippen molar-refractivity contribution in [2.75, 3.05) is 7.11 Å². The summed E-state index contributed by atoms with van der Waals surface area (Å²) in [6.45, 7) is 3.14. The van der Waals surface area contributed by atoms with E-state index >= 15 is 0 Å². The molecule has 0 saturated carbocycles. The molecule has 1 aromatic carbocycles. The standard InChI is InChI=1S/C17H17NO6/c1-8-12(15(19)20)14(13(16(21)22)9(2)18-8)10-5-4-6-11(7-10)17(23)24-3/h4-7,14,18H,1-3H3,(H,19,20)(H,21,22). The number of hydrogen-bond acceptors (Lipinski definition) is 5. The van der Waals surface area contributed by atoms with Crippen molar-refractivity contribution in [2.24, 2.45) is 0 Å². The highest BCUT2D eigenvalue weighted by molar-refractivity contribution is 5.98. The van der Waals surface area contributed by atoms with Gasteiger partial charge in [0.15, 0.2) is 0 Å². The van der Waals surface area contributed by atoms with Crippen LogP contribution in [0.25, 0.3) is 0 Å². The molecule has 7 heteroatoms. The van der Waals surface area contributed by atoms with Gasteiger partial charge in [0.05, 0.1) is 29.7 Å². The maximum atomic E-state index is 11.7. The number of methoxy groups -OCH3 is 1. The number of hydrogen-bond donors (Lipinski definition) is 3. The molecule has 0 fully saturated rings. The molecular weight excluding hydrogens is 314 g/mol. The number of ether oxygens (including phenoxy) is 1. The van der Waals surface area contributed by atoms with Gasteiger partial charge in [-0.05, 0) is 31.5 Å². The molecule has 0 bridgehead atoms. The van der Waals surface area contributed by atoms with Gasteiger partial charge in [-0.3, -0.25) is 0 Å².